The molecule has 1 N–H and O–H groups in total. The fourth-order valence-corrected chi connectivity index (χ4v) is 3.29. The van der Waals surface area contributed by atoms with Crippen molar-refractivity contribution < 1.29 is 14.6 Å². The summed E-state index contributed by atoms with van der Waals surface area (Å²) < 4.78 is 5.52. The second-order valence-electron chi connectivity index (χ2n) is 6.85. The molecule has 1 heterocycles. The quantitative estimate of drug-likeness (QED) is 0.780. The molecule has 2 aliphatic rings. The molecule has 2 rings (SSSR count). The van der Waals surface area contributed by atoms with Gasteiger partial charge in [-0.05, 0) is 53.0 Å². The molecule has 0 amide bonds. The van der Waals surface area contributed by atoms with Crippen molar-refractivity contribution in [1.29, 1.82) is 0 Å². The third kappa shape index (κ3) is 3.69. The van der Waals surface area contributed by atoms with Crippen molar-refractivity contribution in [2.24, 2.45) is 0 Å². The van der Waals surface area contributed by atoms with Gasteiger partial charge in [-0.2, -0.15) is 0 Å². The maximum atomic E-state index is 12.3. The molecule has 0 radical (unpaired) electrons. The van der Waals surface area contributed by atoms with E-state index in [1.165, 1.54) is 0 Å². The van der Waals surface area contributed by atoms with Gasteiger partial charge in [0, 0.05) is 6.04 Å². The lowest BCUT2D eigenvalue weighted by Gasteiger charge is -2.38. The molecule has 1 saturated carbocycles. The van der Waals surface area contributed by atoms with Crippen LogP contribution >= 0.6 is 0 Å². The van der Waals surface area contributed by atoms with Crippen LogP contribution in [0.25, 0.3) is 0 Å². The Balaban J connectivity index is 2.01. The van der Waals surface area contributed by atoms with Crippen molar-refractivity contribution in [1.82, 2.24) is 4.90 Å². The van der Waals surface area contributed by atoms with Crippen molar-refractivity contribution >= 4 is 5.97 Å². The van der Waals surface area contributed by atoms with Crippen LogP contribution in [0.2, 0.25) is 0 Å². The van der Waals surface area contributed by atoms with Crippen LogP contribution in [0, 0.1) is 0 Å². The van der Waals surface area contributed by atoms with E-state index in [2.05, 4.69) is 4.90 Å². The van der Waals surface area contributed by atoms with E-state index in [0.29, 0.717) is 0 Å². The van der Waals surface area contributed by atoms with Crippen LogP contribution < -0.4 is 0 Å². The molecule has 2 fully saturated rings. The second-order valence-corrected chi connectivity index (χ2v) is 6.85. The molecule has 0 spiro atoms. The molecule has 1 aliphatic carbocycles. The Morgan fingerprint density at radius 2 is 1.84 bits per heavy atom. The molecule has 0 aromatic heterocycles. The van der Waals surface area contributed by atoms with Gasteiger partial charge in [0.2, 0.25) is 0 Å². The molecular weight excluding hydrogens is 242 g/mol. The van der Waals surface area contributed by atoms with Crippen molar-refractivity contribution in [3.8, 4) is 0 Å². The van der Waals surface area contributed by atoms with Crippen molar-refractivity contribution in [2.75, 3.05) is 6.54 Å². The van der Waals surface area contributed by atoms with Crippen LogP contribution in [-0.4, -0.2) is 46.3 Å². The van der Waals surface area contributed by atoms with Crippen molar-refractivity contribution in [2.45, 2.75) is 83.1 Å². The highest BCUT2D eigenvalue weighted by Gasteiger charge is 2.40. The fourth-order valence-electron chi connectivity index (χ4n) is 3.29. The first-order valence-electron chi connectivity index (χ1n) is 7.55. The van der Waals surface area contributed by atoms with Crippen LogP contribution in [0.15, 0.2) is 0 Å². The Hall–Kier alpha value is -0.610. The molecule has 3 atom stereocenters. The molecule has 1 saturated heterocycles. The van der Waals surface area contributed by atoms with Gasteiger partial charge in [0.05, 0.1) is 6.10 Å². The third-order valence-corrected chi connectivity index (χ3v) is 4.09. The van der Waals surface area contributed by atoms with Gasteiger partial charge in [0.1, 0.15) is 11.6 Å². The summed E-state index contributed by atoms with van der Waals surface area (Å²) in [5.74, 6) is -0.122. The Labute approximate surface area is 116 Å². The normalized spacial score (nSPS) is 33.4. The fraction of sp³-hybridized carbons (Fsp3) is 0.933. The molecule has 0 aromatic rings. The lowest BCUT2D eigenvalue weighted by molar-refractivity contribution is -0.162. The molecule has 4 heteroatoms. The molecule has 0 aromatic carbocycles. The molecule has 1 aliphatic heterocycles. The number of rotatable bonds is 2. The lowest BCUT2D eigenvalue weighted by atomic mass is 9.91. The van der Waals surface area contributed by atoms with E-state index >= 15 is 0 Å². The SMILES string of the molecule is CC(C)(C)OC(=O)[C@H]1CCCN1C1CCCCC1O. The summed E-state index contributed by atoms with van der Waals surface area (Å²) >= 11 is 0. The molecule has 0 bridgehead atoms. The zero-order chi connectivity index (χ0) is 14.0. The number of hydrogen-bond donors (Lipinski definition) is 1. The van der Waals surface area contributed by atoms with Gasteiger partial charge >= 0.3 is 5.97 Å². The number of hydrogen-bond acceptors (Lipinski definition) is 4. The van der Waals surface area contributed by atoms with Gasteiger partial charge in [0.15, 0.2) is 0 Å². The summed E-state index contributed by atoms with van der Waals surface area (Å²) in [5.41, 5.74) is -0.434. The topological polar surface area (TPSA) is 49.8 Å². The minimum absolute atomic E-state index is 0.122. The van der Waals surface area contributed by atoms with E-state index in [1.54, 1.807) is 0 Å². The second kappa shape index (κ2) is 5.80. The van der Waals surface area contributed by atoms with Crippen molar-refractivity contribution in [3.63, 3.8) is 0 Å². The van der Waals surface area contributed by atoms with Gasteiger partial charge < -0.3 is 9.84 Å². The monoisotopic (exact) mass is 269 g/mol. The highest BCUT2D eigenvalue weighted by molar-refractivity contribution is 5.76. The number of likely N-dealkylation sites (tertiary alicyclic amines) is 1. The van der Waals surface area contributed by atoms with E-state index < -0.39 is 5.60 Å². The minimum atomic E-state index is -0.434. The zero-order valence-corrected chi connectivity index (χ0v) is 12.4. The number of ether oxygens (including phenoxy) is 1. The van der Waals surface area contributed by atoms with E-state index in [4.69, 9.17) is 4.74 Å². The number of aliphatic hydroxyl groups excluding tert-OH is 1. The summed E-state index contributed by atoms with van der Waals surface area (Å²) in [6, 6.07) is -0.00857. The van der Waals surface area contributed by atoms with Gasteiger partial charge in [-0.25, -0.2) is 0 Å². The van der Waals surface area contributed by atoms with Crippen LogP contribution in [0.4, 0.5) is 0 Å². The Kier molecular flexibility index (Phi) is 4.51. The standard InChI is InChI=1S/C15H27NO3/c1-15(2,3)19-14(18)12-8-6-10-16(12)11-7-4-5-9-13(11)17/h11-13,17H,4-10H2,1-3H3/t11?,12-,13?/m1/s1. The number of esters is 1. The first-order chi connectivity index (χ1) is 8.88. The van der Waals surface area contributed by atoms with E-state index in [0.717, 1.165) is 45.1 Å². The Morgan fingerprint density at radius 1 is 1.16 bits per heavy atom. The first kappa shape index (κ1) is 14.8. The lowest BCUT2D eigenvalue weighted by Crippen LogP contribution is -2.51. The van der Waals surface area contributed by atoms with Gasteiger partial charge in [-0.1, -0.05) is 12.8 Å². The summed E-state index contributed by atoms with van der Waals surface area (Å²) in [6.07, 6.45) is 5.72. The van der Waals surface area contributed by atoms with E-state index in [-0.39, 0.29) is 24.2 Å². The maximum absolute atomic E-state index is 12.3. The predicted molar refractivity (Wildman–Crippen MR) is 73.8 cm³/mol. The maximum Gasteiger partial charge on any atom is 0.323 e. The highest BCUT2D eigenvalue weighted by atomic mass is 16.6. The van der Waals surface area contributed by atoms with Crippen LogP contribution in [-0.2, 0) is 9.53 Å². The predicted octanol–water partition coefficient (Wildman–Crippen LogP) is 2.10. The van der Waals surface area contributed by atoms with Crippen LogP contribution in [0.5, 0.6) is 0 Å². The Bertz CT molecular complexity index is 324. The summed E-state index contributed by atoms with van der Waals surface area (Å²) in [4.78, 5) is 14.5. The van der Waals surface area contributed by atoms with Gasteiger partial charge in [-0.3, -0.25) is 9.69 Å². The third-order valence-electron chi connectivity index (χ3n) is 4.09. The molecule has 19 heavy (non-hydrogen) atoms. The molecule has 4 nitrogen and oxygen atoms in total. The summed E-state index contributed by atoms with van der Waals surface area (Å²) in [5, 5.41) is 10.2. The average Bonchev–Trinajstić information content (AvgIpc) is 2.76. The number of carbonyl (C=O) groups is 1. The smallest absolute Gasteiger partial charge is 0.323 e. The largest absolute Gasteiger partial charge is 0.459 e. The number of carbonyl (C=O) groups excluding carboxylic acids is 1. The summed E-state index contributed by atoms with van der Waals surface area (Å²) in [7, 11) is 0. The van der Waals surface area contributed by atoms with Gasteiger partial charge in [0.25, 0.3) is 0 Å². The van der Waals surface area contributed by atoms with Gasteiger partial charge in [-0.15, -0.1) is 0 Å². The average molecular weight is 269 g/mol. The molecule has 2 unspecified atom stereocenters. The van der Waals surface area contributed by atoms with Crippen LogP contribution in [0.1, 0.15) is 59.3 Å². The molecule has 110 valence electrons. The first-order valence-corrected chi connectivity index (χ1v) is 7.55. The highest BCUT2D eigenvalue weighted by Crippen LogP contribution is 2.30. The number of aliphatic hydroxyl groups is 1. The molecular formula is C15H27NO3. The zero-order valence-electron chi connectivity index (χ0n) is 12.4. The van der Waals surface area contributed by atoms with Crippen molar-refractivity contribution in [3.05, 3.63) is 0 Å². The minimum Gasteiger partial charge on any atom is -0.459 e. The van der Waals surface area contributed by atoms with E-state index in [9.17, 15) is 9.90 Å². The van der Waals surface area contributed by atoms with E-state index in [1.807, 2.05) is 20.8 Å². The summed E-state index contributed by atoms with van der Waals surface area (Å²) in [6.45, 7) is 6.62. The number of nitrogens with zero attached hydrogens (tertiary/aromatic N) is 1. The Morgan fingerprint density at radius 3 is 2.47 bits per heavy atom. The van der Waals surface area contributed by atoms with Crippen LogP contribution in [0.3, 0.4) is 0 Å².